The number of nitrogens with zero attached hydrogens (tertiary/aromatic N) is 3. The molecule has 0 saturated carbocycles. The first-order valence-corrected chi connectivity index (χ1v) is 7.32. The average molecular weight is 286 g/mol. The Balaban J connectivity index is 1.79. The van der Waals surface area contributed by atoms with Crippen LogP contribution in [0.2, 0.25) is 0 Å². The Labute approximate surface area is 124 Å². The number of pyridine rings is 2. The Hall–Kier alpha value is -2.17. The van der Waals surface area contributed by atoms with E-state index in [1.165, 1.54) is 25.1 Å². The van der Waals surface area contributed by atoms with Gasteiger partial charge in [0.2, 0.25) is 0 Å². The Morgan fingerprint density at radius 3 is 2.71 bits per heavy atom. The summed E-state index contributed by atoms with van der Waals surface area (Å²) in [5.41, 5.74) is 1.81. The van der Waals surface area contributed by atoms with E-state index in [2.05, 4.69) is 20.2 Å². The van der Waals surface area contributed by atoms with Gasteiger partial charge in [-0.1, -0.05) is 0 Å². The maximum atomic E-state index is 12.9. The number of anilines is 2. The fraction of sp³-hybridized carbons (Fsp3) is 0.375. The second-order valence-electron chi connectivity index (χ2n) is 5.34. The number of nitrogens with one attached hydrogen (secondary N) is 1. The lowest BCUT2D eigenvalue weighted by molar-refractivity contribution is 0.617. The van der Waals surface area contributed by atoms with Crippen molar-refractivity contribution in [2.75, 3.05) is 23.3 Å². The average Bonchev–Trinajstić information content (AvgIpc) is 3.02. The molecule has 1 atom stereocenters. The second kappa shape index (κ2) is 6.08. The molecule has 0 radical (unpaired) electrons. The van der Waals surface area contributed by atoms with E-state index in [1.54, 1.807) is 6.07 Å². The molecule has 0 aliphatic carbocycles. The monoisotopic (exact) mass is 286 g/mol. The lowest BCUT2D eigenvalue weighted by Gasteiger charge is -2.22. The largest absolute Gasteiger partial charge is 0.374 e. The van der Waals surface area contributed by atoms with Crippen LogP contribution in [0.15, 0.2) is 36.7 Å². The molecule has 1 aliphatic heterocycles. The van der Waals surface area contributed by atoms with Crippen LogP contribution in [0, 0.1) is 5.82 Å². The molecule has 3 heterocycles. The molecule has 0 amide bonds. The minimum atomic E-state index is -0.315. The van der Waals surface area contributed by atoms with Crippen LogP contribution in [0.5, 0.6) is 0 Å². The van der Waals surface area contributed by atoms with Crippen molar-refractivity contribution in [2.45, 2.75) is 25.8 Å². The van der Waals surface area contributed by atoms with Gasteiger partial charge in [-0.25, -0.2) is 9.37 Å². The van der Waals surface area contributed by atoms with E-state index in [0.29, 0.717) is 0 Å². The highest BCUT2D eigenvalue weighted by molar-refractivity contribution is 5.66. The number of halogens is 1. The zero-order chi connectivity index (χ0) is 14.7. The van der Waals surface area contributed by atoms with Crippen LogP contribution in [0.4, 0.5) is 15.9 Å². The summed E-state index contributed by atoms with van der Waals surface area (Å²) < 4.78 is 12.9. The maximum absolute atomic E-state index is 12.9. The lowest BCUT2D eigenvalue weighted by Crippen LogP contribution is -2.21. The van der Waals surface area contributed by atoms with E-state index in [0.717, 1.165) is 30.3 Å². The van der Waals surface area contributed by atoms with Gasteiger partial charge >= 0.3 is 0 Å². The summed E-state index contributed by atoms with van der Waals surface area (Å²) >= 11 is 0. The Bertz CT molecular complexity index is 593. The highest BCUT2D eigenvalue weighted by Gasteiger charge is 2.18. The van der Waals surface area contributed by atoms with Gasteiger partial charge in [0.25, 0.3) is 0 Å². The van der Waals surface area contributed by atoms with Crippen molar-refractivity contribution < 1.29 is 4.39 Å². The summed E-state index contributed by atoms with van der Waals surface area (Å²) in [4.78, 5) is 10.9. The Morgan fingerprint density at radius 1 is 1.19 bits per heavy atom. The van der Waals surface area contributed by atoms with Crippen molar-refractivity contribution in [3.8, 4) is 0 Å². The third-order valence-corrected chi connectivity index (χ3v) is 3.76. The molecular formula is C16H19FN4. The van der Waals surface area contributed by atoms with Crippen LogP contribution in [-0.2, 0) is 0 Å². The molecule has 1 unspecified atom stereocenters. The van der Waals surface area contributed by atoms with Crippen LogP contribution in [-0.4, -0.2) is 23.1 Å². The van der Waals surface area contributed by atoms with Crippen molar-refractivity contribution in [1.82, 2.24) is 9.97 Å². The van der Waals surface area contributed by atoms with E-state index >= 15 is 0 Å². The fourth-order valence-electron chi connectivity index (χ4n) is 2.64. The first-order chi connectivity index (χ1) is 10.2. The fourth-order valence-corrected chi connectivity index (χ4v) is 2.64. The molecule has 2 aromatic heterocycles. The SMILES string of the molecule is CC(Nc1cccnc1N1CCCC1)c1ccc(F)cn1. The molecule has 0 aromatic carbocycles. The summed E-state index contributed by atoms with van der Waals surface area (Å²) in [5.74, 6) is 0.675. The topological polar surface area (TPSA) is 41.1 Å². The van der Waals surface area contributed by atoms with E-state index in [1.807, 2.05) is 25.3 Å². The summed E-state index contributed by atoms with van der Waals surface area (Å²) in [6.45, 7) is 4.12. The number of rotatable bonds is 4. The van der Waals surface area contributed by atoms with E-state index in [9.17, 15) is 4.39 Å². The van der Waals surface area contributed by atoms with Crippen LogP contribution in [0.1, 0.15) is 31.5 Å². The molecule has 1 fully saturated rings. The number of hydrogen-bond acceptors (Lipinski definition) is 4. The molecule has 4 nitrogen and oxygen atoms in total. The van der Waals surface area contributed by atoms with Crippen molar-refractivity contribution in [2.24, 2.45) is 0 Å². The molecule has 110 valence electrons. The second-order valence-corrected chi connectivity index (χ2v) is 5.34. The maximum Gasteiger partial charge on any atom is 0.151 e. The molecule has 21 heavy (non-hydrogen) atoms. The molecule has 1 saturated heterocycles. The van der Waals surface area contributed by atoms with Crippen molar-refractivity contribution >= 4 is 11.5 Å². The van der Waals surface area contributed by atoms with Crippen LogP contribution in [0.3, 0.4) is 0 Å². The van der Waals surface area contributed by atoms with Gasteiger partial charge in [-0.3, -0.25) is 4.98 Å². The first-order valence-electron chi connectivity index (χ1n) is 7.32. The first kappa shape index (κ1) is 13.8. The van der Waals surface area contributed by atoms with Crippen LogP contribution >= 0.6 is 0 Å². The molecule has 0 bridgehead atoms. The number of aromatic nitrogens is 2. The third kappa shape index (κ3) is 3.12. The standard InChI is InChI=1S/C16H19FN4/c1-12(14-7-6-13(17)11-19-14)20-15-5-4-8-18-16(15)21-9-2-3-10-21/h4-8,11-12,20H,2-3,9-10H2,1H3. The van der Waals surface area contributed by atoms with Crippen LogP contribution < -0.4 is 10.2 Å². The highest BCUT2D eigenvalue weighted by Crippen LogP contribution is 2.28. The number of hydrogen-bond donors (Lipinski definition) is 1. The Kier molecular flexibility index (Phi) is 3.99. The van der Waals surface area contributed by atoms with Gasteiger partial charge < -0.3 is 10.2 Å². The zero-order valence-electron chi connectivity index (χ0n) is 12.1. The van der Waals surface area contributed by atoms with Gasteiger partial charge in [0.1, 0.15) is 5.82 Å². The van der Waals surface area contributed by atoms with Crippen molar-refractivity contribution in [3.63, 3.8) is 0 Å². The van der Waals surface area contributed by atoms with Crippen molar-refractivity contribution in [3.05, 3.63) is 48.2 Å². The summed E-state index contributed by atoms with van der Waals surface area (Å²) in [5, 5.41) is 3.43. The molecule has 0 spiro atoms. The lowest BCUT2D eigenvalue weighted by atomic mass is 10.2. The predicted molar refractivity (Wildman–Crippen MR) is 81.9 cm³/mol. The normalized spacial score (nSPS) is 16.0. The van der Waals surface area contributed by atoms with Gasteiger partial charge in [0.15, 0.2) is 5.82 Å². The summed E-state index contributed by atoms with van der Waals surface area (Å²) in [6, 6.07) is 7.09. The van der Waals surface area contributed by atoms with E-state index in [4.69, 9.17) is 0 Å². The van der Waals surface area contributed by atoms with Gasteiger partial charge in [-0.15, -0.1) is 0 Å². The van der Waals surface area contributed by atoms with Gasteiger partial charge in [0.05, 0.1) is 23.6 Å². The summed E-state index contributed by atoms with van der Waals surface area (Å²) in [7, 11) is 0. The highest BCUT2D eigenvalue weighted by atomic mass is 19.1. The third-order valence-electron chi connectivity index (χ3n) is 3.76. The molecule has 3 rings (SSSR count). The predicted octanol–water partition coefficient (Wildman–Crippen LogP) is 3.39. The molecule has 2 aromatic rings. The smallest absolute Gasteiger partial charge is 0.151 e. The molecule has 1 N–H and O–H groups in total. The molecule has 5 heteroatoms. The minimum absolute atomic E-state index is 0.00356. The van der Waals surface area contributed by atoms with Gasteiger partial charge in [-0.2, -0.15) is 0 Å². The van der Waals surface area contributed by atoms with Gasteiger partial charge in [0, 0.05) is 19.3 Å². The van der Waals surface area contributed by atoms with Gasteiger partial charge in [-0.05, 0) is 44.0 Å². The molecular weight excluding hydrogens is 267 g/mol. The molecule has 1 aliphatic rings. The van der Waals surface area contributed by atoms with Crippen molar-refractivity contribution in [1.29, 1.82) is 0 Å². The summed E-state index contributed by atoms with van der Waals surface area (Å²) in [6.07, 6.45) is 5.49. The zero-order valence-corrected chi connectivity index (χ0v) is 12.1. The van der Waals surface area contributed by atoms with Crippen LogP contribution in [0.25, 0.3) is 0 Å². The Morgan fingerprint density at radius 2 is 2.00 bits per heavy atom. The minimum Gasteiger partial charge on any atom is -0.374 e. The van der Waals surface area contributed by atoms with E-state index in [-0.39, 0.29) is 11.9 Å². The quantitative estimate of drug-likeness (QED) is 0.935. The van der Waals surface area contributed by atoms with E-state index < -0.39 is 0 Å².